The van der Waals surface area contributed by atoms with Crippen LogP contribution >= 0.6 is 0 Å². The minimum Gasteiger partial charge on any atom is -0.353 e. The topological polar surface area (TPSA) is 84.2 Å². The van der Waals surface area contributed by atoms with Crippen LogP contribution in [0.25, 0.3) is 0 Å². The lowest BCUT2D eigenvalue weighted by molar-refractivity contribution is -0.385. The van der Waals surface area contributed by atoms with E-state index in [1.54, 1.807) is 0 Å². The highest BCUT2D eigenvalue weighted by Gasteiger charge is 2.18. The van der Waals surface area contributed by atoms with Crippen LogP contribution in [-0.2, 0) is 0 Å². The molecule has 0 radical (unpaired) electrons. The molecule has 1 aromatic rings. The van der Waals surface area contributed by atoms with Gasteiger partial charge < -0.3 is 10.2 Å². The molecule has 0 spiro atoms. The molecule has 18 heavy (non-hydrogen) atoms. The van der Waals surface area contributed by atoms with Gasteiger partial charge in [0, 0.05) is 12.6 Å². The van der Waals surface area contributed by atoms with Crippen LogP contribution in [0, 0.1) is 10.1 Å². The summed E-state index contributed by atoms with van der Waals surface area (Å²) in [6, 6.07) is 0.484. The number of nitro groups is 1. The normalized spacial score (nSPS) is 20.6. The lowest BCUT2D eigenvalue weighted by Crippen LogP contribution is -2.40. The van der Waals surface area contributed by atoms with Crippen molar-refractivity contribution in [3.8, 4) is 0 Å². The number of hydrogen-bond acceptors (Lipinski definition) is 6. The molecule has 1 atom stereocenters. The van der Waals surface area contributed by atoms with Gasteiger partial charge in [0.15, 0.2) is 0 Å². The highest BCUT2D eigenvalue weighted by Crippen LogP contribution is 2.15. The van der Waals surface area contributed by atoms with Crippen LogP contribution in [0.1, 0.15) is 19.3 Å². The minimum atomic E-state index is -0.501. The van der Waals surface area contributed by atoms with Crippen LogP contribution in [0.2, 0.25) is 0 Å². The van der Waals surface area contributed by atoms with E-state index in [-0.39, 0.29) is 5.69 Å². The maximum Gasteiger partial charge on any atom is 0.305 e. The van der Waals surface area contributed by atoms with Crippen molar-refractivity contribution in [1.82, 2.24) is 14.9 Å². The molecule has 7 heteroatoms. The predicted octanol–water partition coefficient (Wildman–Crippen LogP) is 1.28. The summed E-state index contributed by atoms with van der Waals surface area (Å²) in [7, 11) is 2.11. The fraction of sp³-hybridized carbons (Fsp3) is 0.636. The molecule has 2 rings (SSSR count). The zero-order valence-electron chi connectivity index (χ0n) is 10.4. The van der Waals surface area contributed by atoms with Crippen molar-refractivity contribution in [2.75, 3.05) is 25.5 Å². The molecule has 0 aliphatic carbocycles. The number of rotatable bonds is 4. The number of piperidine rings is 1. The number of anilines is 1. The maximum atomic E-state index is 10.5. The molecule has 2 heterocycles. The van der Waals surface area contributed by atoms with Crippen LogP contribution in [0.4, 0.5) is 11.6 Å². The average Bonchev–Trinajstić information content (AvgIpc) is 2.38. The number of nitrogens with zero attached hydrogens (tertiary/aromatic N) is 4. The summed E-state index contributed by atoms with van der Waals surface area (Å²) < 4.78 is 0. The molecule has 0 bridgehead atoms. The van der Waals surface area contributed by atoms with Crippen molar-refractivity contribution in [3.05, 3.63) is 22.5 Å². The minimum absolute atomic E-state index is 0.0877. The van der Waals surface area contributed by atoms with Gasteiger partial charge in [-0.2, -0.15) is 0 Å². The van der Waals surface area contributed by atoms with Gasteiger partial charge in [0.25, 0.3) is 0 Å². The zero-order valence-corrected chi connectivity index (χ0v) is 10.4. The van der Waals surface area contributed by atoms with E-state index in [1.807, 2.05) is 0 Å². The Morgan fingerprint density at radius 3 is 2.83 bits per heavy atom. The van der Waals surface area contributed by atoms with Crippen LogP contribution in [0.15, 0.2) is 12.4 Å². The van der Waals surface area contributed by atoms with Crippen molar-refractivity contribution in [2.45, 2.75) is 25.3 Å². The summed E-state index contributed by atoms with van der Waals surface area (Å²) >= 11 is 0. The highest BCUT2D eigenvalue weighted by atomic mass is 16.6. The first-order chi connectivity index (χ1) is 8.66. The molecule has 1 unspecified atom stereocenters. The van der Waals surface area contributed by atoms with E-state index in [4.69, 9.17) is 0 Å². The molecular weight excluding hydrogens is 234 g/mol. The van der Waals surface area contributed by atoms with Crippen LogP contribution in [0.3, 0.4) is 0 Å². The lowest BCUT2D eigenvalue weighted by Gasteiger charge is -2.32. The van der Waals surface area contributed by atoms with Gasteiger partial charge in [0.05, 0.1) is 4.92 Å². The largest absolute Gasteiger partial charge is 0.353 e. The summed E-state index contributed by atoms with van der Waals surface area (Å²) in [6.07, 6.45) is 6.11. The summed E-state index contributed by atoms with van der Waals surface area (Å²) in [5.41, 5.74) is -0.0877. The summed E-state index contributed by atoms with van der Waals surface area (Å²) in [4.78, 5) is 20.1. The third-order valence-corrected chi connectivity index (χ3v) is 3.27. The maximum absolute atomic E-state index is 10.5. The first kappa shape index (κ1) is 12.7. The van der Waals surface area contributed by atoms with Gasteiger partial charge in [0.2, 0.25) is 5.95 Å². The van der Waals surface area contributed by atoms with Crippen molar-refractivity contribution in [1.29, 1.82) is 0 Å². The Labute approximate surface area is 105 Å². The standard InChI is InChI=1S/C11H17N5O2/c1-15-5-3-2-4-9(15)6-12-11-13-7-10(8-14-11)16(17)18/h7-9H,2-6H2,1H3,(H,12,13,14). The number of hydrogen-bond donors (Lipinski definition) is 1. The molecule has 0 aromatic carbocycles. The monoisotopic (exact) mass is 251 g/mol. The SMILES string of the molecule is CN1CCCCC1CNc1ncc([N+](=O)[O-])cn1. The molecule has 1 aliphatic rings. The van der Waals surface area contributed by atoms with E-state index in [2.05, 4.69) is 27.2 Å². The van der Waals surface area contributed by atoms with Gasteiger partial charge in [-0.15, -0.1) is 0 Å². The van der Waals surface area contributed by atoms with E-state index in [0.717, 1.165) is 19.5 Å². The van der Waals surface area contributed by atoms with E-state index < -0.39 is 4.92 Å². The quantitative estimate of drug-likeness (QED) is 0.641. The van der Waals surface area contributed by atoms with Crippen LogP contribution in [-0.4, -0.2) is 46.0 Å². The second kappa shape index (κ2) is 5.72. The summed E-state index contributed by atoms with van der Waals surface area (Å²) in [6.45, 7) is 1.89. The fourth-order valence-corrected chi connectivity index (χ4v) is 2.12. The lowest BCUT2D eigenvalue weighted by atomic mass is 10.0. The predicted molar refractivity (Wildman–Crippen MR) is 67.4 cm³/mol. The van der Waals surface area contributed by atoms with Crippen molar-refractivity contribution >= 4 is 11.6 Å². The third-order valence-electron chi connectivity index (χ3n) is 3.27. The van der Waals surface area contributed by atoms with Gasteiger partial charge in [-0.25, -0.2) is 9.97 Å². The Morgan fingerprint density at radius 2 is 2.22 bits per heavy atom. The Kier molecular flexibility index (Phi) is 4.03. The second-order valence-corrected chi connectivity index (χ2v) is 4.53. The van der Waals surface area contributed by atoms with Gasteiger partial charge in [-0.1, -0.05) is 6.42 Å². The van der Waals surface area contributed by atoms with E-state index in [9.17, 15) is 10.1 Å². The number of nitrogens with one attached hydrogen (secondary N) is 1. The molecule has 1 aromatic heterocycles. The van der Waals surface area contributed by atoms with Gasteiger partial charge in [0.1, 0.15) is 12.4 Å². The molecule has 1 N–H and O–H groups in total. The van der Waals surface area contributed by atoms with Gasteiger partial charge in [-0.3, -0.25) is 10.1 Å². The van der Waals surface area contributed by atoms with Gasteiger partial charge >= 0.3 is 5.69 Å². The third kappa shape index (κ3) is 3.13. The molecule has 1 aliphatic heterocycles. The molecule has 7 nitrogen and oxygen atoms in total. The Morgan fingerprint density at radius 1 is 1.50 bits per heavy atom. The first-order valence-corrected chi connectivity index (χ1v) is 6.07. The van der Waals surface area contributed by atoms with Crippen LogP contribution < -0.4 is 5.32 Å². The average molecular weight is 251 g/mol. The smallest absolute Gasteiger partial charge is 0.305 e. The van der Waals surface area contributed by atoms with E-state index >= 15 is 0 Å². The zero-order chi connectivity index (χ0) is 13.0. The molecule has 98 valence electrons. The van der Waals surface area contributed by atoms with Crippen LogP contribution in [0.5, 0.6) is 0 Å². The van der Waals surface area contributed by atoms with E-state index in [1.165, 1.54) is 25.2 Å². The molecule has 0 amide bonds. The van der Waals surface area contributed by atoms with Crippen molar-refractivity contribution in [3.63, 3.8) is 0 Å². The van der Waals surface area contributed by atoms with Crippen molar-refractivity contribution in [2.24, 2.45) is 0 Å². The number of likely N-dealkylation sites (N-methyl/N-ethyl adjacent to an activating group) is 1. The van der Waals surface area contributed by atoms with Crippen molar-refractivity contribution < 1.29 is 4.92 Å². The molecular formula is C11H17N5O2. The Bertz CT molecular complexity index is 408. The first-order valence-electron chi connectivity index (χ1n) is 6.07. The second-order valence-electron chi connectivity index (χ2n) is 4.53. The summed E-state index contributed by atoms with van der Waals surface area (Å²) in [5, 5.41) is 13.6. The van der Waals surface area contributed by atoms with E-state index in [0.29, 0.717) is 12.0 Å². The molecule has 1 saturated heterocycles. The fourth-order valence-electron chi connectivity index (χ4n) is 2.12. The molecule has 1 fully saturated rings. The Hall–Kier alpha value is -1.76. The summed E-state index contributed by atoms with van der Waals surface area (Å²) in [5.74, 6) is 0.444. The van der Waals surface area contributed by atoms with Gasteiger partial charge in [-0.05, 0) is 26.4 Å². The number of likely N-dealkylation sites (tertiary alicyclic amines) is 1. The highest BCUT2D eigenvalue weighted by molar-refractivity contribution is 5.30. The number of aromatic nitrogens is 2. The Balaban J connectivity index is 1.87. The molecule has 0 saturated carbocycles.